The molecule has 0 spiro atoms. The van der Waals surface area contributed by atoms with Gasteiger partial charge in [-0.3, -0.25) is 9.69 Å². The highest BCUT2D eigenvalue weighted by Crippen LogP contribution is 2.42. The molecule has 1 aromatic carbocycles. The molecule has 1 N–H and O–H groups in total. The molecule has 0 saturated carbocycles. The minimum absolute atomic E-state index is 0.0593. The Balaban J connectivity index is 1.46. The highest BCUT2D eigenvalue weighted by atomic mass is 32.1. The van der Waals surface area contributed by atoms with Crippen molar-refractivity contribution in [3.05, 3.63) is 69.4 Å². The summed E-state index contributed by atoms with van der Waals surface area (Å²) in [5.41, 5.74) is 3.02. The number of likely N-dealkylation sites (tertiary alicyclic amines) is 1. The molecule has 2 aromatic rings. The fourth-order valence-electron chi connectivity index (χ4n) is 4.75. The third kappa shape index (κ3) is 5.01. The van der Waals surface area contributed by atoms with Crippen LogP contribution < -0.4 is 4.74 Å². The minimum Gasteiger partial charge on any atom is -0.488 e. The molecule has 8 heteroatoms. The maximum Gasteiger partial charge on any atom is 0.426 e. The molecule has 4 rings (SSSR count). The first kappa shape index (κ1) is 23.6. The fraction of sp³-hybridized carbons (Fsp3) is 0.400. The first-order chi connectivity index (χ1) is 15.7. The van der Waals surface area contributed by atoms with Gasteiger partial charge in [-0.1, -0.05) is 24.8 Å². The minimum atomic E-state index is -4.42. The highest BCUT2D eigenvalue weighted by molar-refractivity contribution is 7.12. The molecular weight excluding hydrogens is 451 g/mol. The monoisotopic (exact) mass is 477 g/mol. The van der Waals surface area contributed by atoms with Gasteiger partial charge in [-0.15, -0.1) is 11.3 Å². The van der Waals surface area contributed by atoms with E-state index in [0.29, 0.717) is 40.5 Å². The Hall–Kier alpha value is -2.58. The number of thiophene rings is 1. The van der Waals surface area contributed by atoms with Crippen LogP contribution in [0.25, 0.3) is 5.57 Å². The van der Waals surface area contributed by atoms with E-state index >= 15 is 0 Å². The lowest BCUT2D eigenvalue weighted by Crippen LogP contribution is -2.26. The average molecular weight is 478 g/mol. The number of aliphatic carboxylic acids is 1. The molecule has 1 fully saturated rings. The zero-order chi connectivity index (χ0) is 23.8. The van der Waals surface area contributed by atoms with Crippen molar-refractivity contribution in [1.29, 1.82) is 0 Å². The predicted molar refractivity (Wildman–Crippen MR) is 122 cm³/mol. The average Bonchev–Trinajstić information content (AvgIpc) is 3.48. The maximum atomic E-state index is 13.5. The lowest BCUT2D eigenvalue weighted by atomic mass is 10.1. The number of carboxylic acids is 1. The van der Waals surface area contributed by atoms with E-state index in [1.165, 1.54) is 11.6 Å². The van der Waals surface area contributed by atoms with Crippen LogP contribution in [0.3, 0.4) is 0 Å². The molecule has 1 saturated heterocycles. The number of alkyl halides is 3. The van der Waals surface area contributed by atoms with Gasteiger partial charge in [0.05, 0.1) is 5.92 Å². The zero-order valence-corrected chi connectivity index (χ0v) is 19.1. The number of hydrogen-bond acceptors (Lipinski definition) is 4. The summed E-state index contributed by atoms with van der Waals surface area (Å²) in [6.07, 6.45) is 1.10. The summed E-state index contributed by atoms with van der Waals surface area (Å²) in [4.78, 5) is 13.4. The summed E-state index contributed by atoms with van der Waals surface area (Å²) in [6, 6.07) is 7.58. The van der Waals surface area contributed by atoms with Crippen molar-refractivity contribution in [2.75, 3.05) is 13.1 Å². The Morgan fingerprint density at radius 1 is 1.33 bits per heavy atom. The zero-order valence-electron chi connectivity index (χ0n) is 18.3. The van der Waals surface area contributed by atoms with Crippen LogP contribution in [0, 0.1) is 5.92 Å². The van der Waals surface area contributed by atoms with Gasteiger partial charge in [-0.25, -0.2) is 0 Å². The van der Waals surface area contributed by atoms with Gasteiger partial charge in [0.15, 0.2) is 0 Å². The number of allylic oxidation sites excluding steroid dienone is 3. The molecule has 1 aliphatic carbocycles. The summed E-state index contributed by atoms with van der Waals surface area (Å²) in [7, 11) is 0. The van der Waals surface area contributed by atoms with Gasteiger partial charge in [0, 0.05) is 23.0 Å². The molecule has 2 aliphatic rings. The first-order valence-electron chi connectivity index (χ1n) is 10.9. The van der Waals surface area contributed by atoms with E-state index < -0.39 is 17.0 Å². The molecular formula is C25H26F3NO3S. The van der Waals surface area contributed by atoms with E-state index in [9.17, 15) is 23.1 Å². The van der Waals surface area contributed by atoms with Crippen molar-refractivity contribution in [3.63, 3.8) is 0 Å². The Morgan fingerprint density at radius 2 is 2.12 bits per heavy atom. The van der Waals surface area contributed by atoms with Crippen LogP contribution in [0.2, 0.25) is 0 Å². The number of ether oxygens (including phenoxy) is 1. The largest absolute Gasteiger partial charge is 0.488 e. The summed E-state index contributed by atoms with van der Waals surface area (Å²) in [6.45, 7) is 6.61. The smallest absolute Gasteiger partial charge is 0.426 e. The molecule has 1 unspecified atom stereocenters. The van der Waals surface area contributed by atoms with Crippen LogP contribution in [0.5, 0.6) is 5.75 Å². The lowest BCUT2D eigenvalue weighted by Gasteiger charge is -2.24. The summed E-state index contributed by atoms with van der Waals surface area (Å²) < 4.78 is 46.3. The quantitative estimate of drug-likeness (QED) is 0.474. The third-order valence-corrected chi connectivity index (χ3v) is 7.54. The van der Waals surface area contributed by atoms with Gasteiger partial charge in [0.2, 0.25) is 0 Å². The van der Waals surface area contributed by atoms with Crippen LogP contribution in [-0.2, 0) is 24.0 Å². The molecule has 1 aromatic heterocycles. The van der Waals surface area contributed by atoms with Crippen LogP contribution >= 0.6 is 11.3 Å². The molecule has 2 heterocycles. The van der Waals surface area contributed by atoms with Crippen molar-refractivity contribution >= 4 is 22.9 Å². The third-order valence-electron chi connectivity index (χ3n) is 6.38. The number of rotatable bonds is 7. The molecule has 0 bridgehead atoms. The van der Waals surface area contributed by atoms with Crippen molar-refractivity contribution < 1.29 is 27.8 Å². The van der Waals surface area contributed by atoms with Gasteiger partial charge in [0.1, 0.15) is 17.2 Å². The number of aryl methyl sites for hydroxylation is 1. The lowest BCUT2D eigenvalue weighted by molar-refractivity contribution is -0.141. The van der Waals surface area contributed by atoms with Crippen molar-refractivity contribution in [1.82, 2.24) is 4.90 Å². The molecule has 0 radical (unpaired) electrons. The van der Waals surface area contributed by atoms with E-state index in [1.807, 2.05) is 18.2 Å². The Bertz CT molecular complexity index is 1090. The van der Waals surface area contributed by atoms with Crippen molar-refractivity contribution in [2.24, 2.45) is 5.92 Å². The first-order valence-corrected chi connectivity index (χ1v) is 11.7. The molecule has 4 nitrogen and oxygen atoms in total. The van der Waals surface area contributed by atoms with Crippen molar-refractivity contribution in [3.8, 4) is 5.75 Å². The second kappa shape index (κ2) is 9.35. The second-order valence-corrected chi connectivity index (χ2v) is 9.70. The molecule has 0 amide bonds. The van der Waals surface area contributed by atoms with Crippen LogP contribution in [0.15, 0.2) is 43.0 Å². The van der Waals surface area contributed by atoms with E-state index in [1.54, 1.807) is 19.1 Å². The molecule has 1 aliphatic heterocycles. The van der Waals surface area contributed by atoms with Gasteiger partial charge in [-0.2, -0.15) is 13.2 Å². The predicted octanol–water partition coefficient (Wildman–Crippen LogP) is 6.33. The maximum absolute atomic E-state index is 13.5. The summed E-state index contributed by atoms with van der Waals surface area (Å²) >= 11 is 0.705. The van der Waals surface area contributed by atoms with E-state index in [2.05, 4.69) is 11.5 Å². The van der Waals surface area contributed by atoms with Gasteiger partial charge < -0.3 is 9.84 Å². The van der Waals surface area contributed by atoms with Crippen LogP contribution in [-0.4, -0.2) is 29.1 Å². The number of hydrogen-bond donors (Lipinski definition) is 1. The Morgan fingerprint density at radius 3 is 2.79 bits per heavy atom. The standard InChI is InChI=1S/C25H26F3NO3S/c1-3-4-15(2)21-12-19(33-23(21)25(26,27)28)14-32-18-6-7-20-16(11-18)5-8-22(20)29-10-9-17(13-29)24(30)31/h3-4,6-7,11-12,17,22H,1,5,8-10,13-14H2,2H3,(H,30,31)/b15-4+/t17-,22?/m0/s1. The topological polar surface area (TPSA) is 49.8 Å². The Labute approximate surface area is 195 Å². The SMILES string of the molecule is C=C/C=C(\C)c1cc(COc2ccc3c(c2)CCC3N2CC[C@H](C(=O)O)C2)sc1C(F)(F)F. The van der Waals surface area contributed by atoms with Gasteiger partial charge >= 0.3 is 12.1 Å². The number of nitrogens with zero attached hydrogens (tertiary/aromatic N) is 1. The molecule has 176 valence electrons. The van der Waals surface area contributed by atoms with E-state index in [0.717, 1.165) is 24.9 Å². The second-order valence-electron chi connectivity index (χ2n) is 8.56. The van der Waals surface area contributed by atoms with Crippen LogP contribution in [0.1, 0.15) is 52.3 Å². The van der Waals surface area contributed by atoms with E-state index in [-0.39, 0.29) is 24.1 Å². The number of carboxylic acid groups (broad SMARTS) is 1. The molecule has 33 heavy (non-hydrogen) atoms. The van der Waals surface area contributed by atoms with Gasteiger partial charge in [-0.05, 0) is 67.6 Å². The number of fused-ring (bicyclic) bond motifs is 1. The van der Waals surface area contributed by atoms with Gasteiger partial charge in [0.25, 0.3) is 0 Å². The normalized spacial score (nSPS) is 21.3. The number of halogens is 3. The van der Waals surface area contributed by atoms with Crippen molar-refractivity contribution in [2.45, 2.75) is 45.0 Å². The number of carbonyl (C=O) groups is 1. The van der Waals surface area contributed by atoms with Crippen LogP contribution in [0.4, 0.5) is 13.2 Å². The summed E-state index contributed by atoms with van der Waals surface area (Å²) in [5, 5.41) is 9.27. The summed E-state index contributed by atoms with van der Waals surface area (Å²) in [5.74, 6) is -0.417. The Kier molecular flexibility index (Phi) is 6.68. The van der Waals surface area contributed by atoms with E-state index in [4.69, 9.17) is 4.74 Å². The fourth-order valence-corrected chi connectivity index (χ4v) is 5.75. The molecule has 2 atom stereocenters. The number of benzene rings is 1. The highest BCUT2D eigenvalue weighted by Gasteiger charge is 2.37.